The molecule has 1 aliphatic carbocycles. The fourth-order valence-corrected chi connectivity index (χ4v) is 2.87. The summed E-state index contributed by atoms with van der Waals surface area (Å²) in [6.45, 7) is 0.481. The van der Waals surface area contributed by atoms with Crippen LogP contribution in [0.2, 0.25) is 0 Å². The van der Waals surface area contributed by atoms with Gasteiger partial charge in [-0.05, 0) is 18.3 Å². The van der Waals surface area contributed by atoms with Crippen molar-refractivity contribution in [2.24, 2.45) is 5.41 Å². The Morgan fingerprint density at radius 1 is 1.29 bits per heavy atom. The van der Waals surface area contributed by atoms with Crippen LogP contribution < -0.4 is 5.32 Å². The first-order chi connectivity index (χ1) is 7.87. The molecule has 0 bridgehead atoms. The van der Waals surface area contributed by atoms with Gasteiger partial charge < -0.3 is 5.32 Å². The first-order valence-electron chi connectivity index (χ1n) is 5.76. The topological polar surface area (TPSA) is 29.1 Å². The Hall–Kier alpha value is -0.260. The van der Waals surface area contributed by atoms with Gasteiger partial charge in [-0.3, -0.25) is 4.79 Å². The van der Waals surface area contributed by atoms with Gasteiger partial charge in [0, 0.05) is 18.3 Å². The van der Waals surface area contributed by atoms with E-state index in [0.717, 1.165) is 31.0 Å². The third-order valence-electron chi connectivity index (χ3n) is 3.24. The zero-order chi connectivity index (χ0) is 12.9. The van der Waals surface area contributed by atoms with Gasteiger partial charge in [0.25, 0.3) is 0 Å². The summed E-state index contributed by atoms with van der Waals surface area (Å²) in [6, 6.07) is 0. The van der Waals surface area contributed by atoms with Crippen molar-refractivity contribution in [3.63, 3.8) is 0 Å². The number of halogens is 4. The number of nitrogens with one attached hydrogen (secondary N) is 1. The largest absolute Gasteiger partial charge is 0.389 e. The molecule has 1 aliphatic rings. The van der Waals surface area contributed by atoms with E-state index in [4.69, 9.17) is 0 Å². The Morgan fingerprint density at radius 3 is 2.35 bits per heavy atom. The minimum Gasteiger partial charge on any atom is -0.356 e. The summed E-state index contributed by atoms with van der Waals surface area (Å²) in [5.74, 6) is -0.505. The van der Waals surface area contributed by atoms with Crippen LogP contribution >= 0.6 is 15.9 Å². The molecule has 0 unspecified atom stereocenters. The minimum atomic E-state index is -4.25. The van der Waals surface area contributed by atoms with Crippen LogP contribution in [0.5, 0.6) is 0 Å². The van der Waals surface area contributed by atoms with Gasteiger partial charge in [-0.1, -0.05) is 28.8 Å². The van der Waals surface area contributed by atoms with Crippen LogP contribution in [0.1, 0.15) is 38.5 Å². The molecule has 0 aromatic heterocycles. The van der Waals surface area contributed by atoms with Gasteiger partial charge in [0.1, 0.15) is 0 Å². The SMILES string of the molecule is O=C(CCC(F)(F)F)NCC1(CBr)CCCC1. The third-order valence-corrected chi connectivity index (χ3v) is 4.43. The van der Waals surface area contributed by atoms with Crippen LogP contribution in [0, 0.1) is 5.41 Å². The first kappa shape index (κ1) is 14.8. The third kappa shape index (κ3) is 5.27. The van der Waals surface area contributed by atoms with Gasteiger partial charge in [0.05, 0.1) is 6.42 Å². The van der Waals surface area contributed by atoms with E-state index < -0.39 is 24.9 Å². The van der Waals surface area contributed by atoms with Crippen molar-refractivity contribution in [3.8, 4) is 0 Å². The van der Waals surface area contributed by atoms with E-state index in [1.54, 1.807) is 0 Å². The van der Waals surface area contributed by atoms with Gasteiger partial charge in [0.2, 0.25) is 5.91 Å². The van der Waals surface area contributed by atoms with Crippen molar-refractivity contribution in [2.75, 3.05) is 11.9 Å². The lowest BCUT2D eigenvalue weighted by molar-refractivity contribution is -0.144. The molecule has 0 atom stereocenters. The molecule has 1 fully saturated rings. The monoisotopic (exact) mass is 315 g/mol. The Balaban J connectivity index is 2.27. The average molecular weight is 316 g/mol. The Labute approximate surface area is 107 Å². The summed E-state index contributed by atoms with van der Waals surface area (Å²) in [4.78, 5) is 11.3. The lowest BCUT2D eigenvalue weighted by Gasteiger charge is -2.26. The molecule has 2 nitrogen and oxygen atoms in total. The number of carbonyl (C=O) groups excluding carboxylic acids is 1. The molecule has 17 heavy (non-hydrogen) atoms. The van der Waals surface area contributed by atoms with Crippen LogP contribution in [-0.4, -0.2) is 24.0 Å². The van der Waals surface area contributed by atoms with Crippen LogP contribution in [0.4, 0.5) is 13.2 Å². The van der Waals surface area contributed by atoms with Gasteiger partial charge in [-0.2, -0.15) is 13.2 Å². The van der Waals surface area contributed by atoms with Crippen molar-refractivity contribution >= 4 is 21.8 Å². The second-order valence-corrected chi connectivity index (χ2v) is 5.29. The van der Waals surface area contributed by atoms with E-state index in [0.29, 0.717) is 6.54 Å². The highest BCUT2D eigenvalue weighted by Crippen LogP contribution is 2.38. The van der Waals surface area contributed by atoms with E-state index in [2.05, 4.69) is 21.2 Å². The zero-order valence-corrected chi connectivity index (χ0v) is 11.2. The van der Waals surface area contributed by atoms with E-state index in [1.165, 1.54) is 0 Å². The molecule has 0 aliphatic heterocycles. The summed E-state index contributed by atoms with van der Waals surface area (Å²) in [6.07, 6.45) is -1.45. The normalized spacial score (nSPS) is 19.3. The van der Waals surface area contributed by atoms with Crippen molar-refractivity contribution in [1.82, 2.24) is 5.32 Å². The fraction of sp³-hybridized carbons (Fsp3) is 0.909. The molecule has 0 aromatic rings. The van der Waals surface area contributed by atoms with Gasteiger partial charge >= 0.3 is 6.18 Å². The minimum absolute atomic E-state index is 0.0495. The fourth-order valence-electron chi connectivity index (χ4n) is 2.11. The maximum Gasteiger partial charge on any atom is 0.389 e. The van der Waals surface area contributed by atoms with Gasteiger partial charge in [0.15, 0.2) is 0 Å². The number of hydrogen-bond donors (Lipinski definition) is 1. The van der Waals surface area contributed by atoms with E-state index >= 15 is 0 Å². The summed E-state index contributed by atoms with van der Waals surface area (Å²) in [5.41, 5.74) is 0.0495. The molecule has 0 radical (unpaired) electrons. The first-order valence-corrected chi connectivity index (χ1v) is 6.88. The highest BCUT2D eigenvalue weighted by molar-refractivity contribution is 9.09. The Bertz CT molecular complexity index is 262. The van der Waals surface area contributed by atoms with E-state index in [-0.39, 0.29) is 5.41 Å². The van der Waals surface area contributed by atoms with Crippen molar-refractivity contribution in [3.05, 3.63) is 0 Å². The second kappa shape index (κ2) is 6.07. The molecule has 1 saturated carbocycles. The number of alkyl halides is 4. The molecule has 1 N–H and O–H groups in total. The van der Waals surface area contributed by atoms with Crippen molar-refractivity contribution in [2.45, 2.75) is 44.7 Å². The van der Waals surface area contributed by atoms with Gasteiger partial charge in [-0.15, -0.1) is 0 Å². The predicted molar refractivity (Wildman–Crippen MR) is 63.0 cm³/mol. The van der Waals surface area contributed by atoms with Crippen molar-refractivity contribution < 1.29 is 18.0 Å². The van der Waals surface area contributed by atoms with Crippen molar-refractivity contribution in [1.29, 1.82) is 0 Å². The van der Waals surface area contributed by atoms with Crippen LogP contribution in [0.25, 0.3) is 0 Å². The van der Waals surface area contributed by atoms with E-state index in [9.17, 15) is 18.0 Å². The summed E-state index contributed by atoms with van der Waals surface area (Å²) < 4.78 is 35.7. The molecule has 1 amide bonds. The molecule has 1 rings (SSSR count). The lowest BCUT2D eigenvalue weighted by atomic mass is 9.89. The molecule has 6 heteroatoms. The lowest BCUT2D eigenvalue weighted by Crippen LogP contribution is -2.37. The average Bonchev–Trinajstić information content (AvgIpc) is 2.72. The van der Waals surface area contributed by atoms with Crippen LogP contribution in [-0.2, 0) is 4.79 Å². The number of carbonyl (C=O) groups is 1. The standard InChI is InChI=1S/C11H17BrF3NO/c12-7-10(4-1-2-5-10)8-16-9(17)3-6-11(13,14)15/h1-8H2,(H,16,17). The molecule has 0 saturated heterocycles. The van der Waals surface area contributed by atoms with Gasteiger partial charge in [-0.25, -0.2) is 0 Å². The predicted octanol–water partition coefficient (Wildman–Crippen LogP) is 3.40. The smallest absolute Gasteiger partial charge is 0.356 e. The van der Waals surface area contributed by atoms with Crippen LogP contribution in [0.3, 0.4) is 0 Å². The molecule has 0 spiro atoms. The van der Waals surface area contributed by atoms with Crippen LogP contribution in [0.15, 0.2) is 0 Å². The molecular formula is C11H17BrF3NO. The second-order valence-electron chi connectivity index (χ2n) is 4.73. The Morgan fingerprint density at radius 2 is 1.88 bits per heavy atom. The number of hydrogen-bond acceptors (Lipinski definition) is 1. The summed E-state index contributed by atoms with van der Waals surface area (Å²) >= 11 is 3.42. The maximum atomic E-state index is 11.9. The van der Waals surface area contributed by atoms with E-state index in [1.807, 2.05) is 0 Å². The molecule has 0 heterocycles. The highest BCUT2D eigenvalue weighted by atomic mass is 79.9. The zero-order valence-electron chi connectivity index (χ0n) is 9.58. The number of amides is 1. The molecular weight excluding hydrogens is 299 g/mol. The quantitative estimate of drug-likeness (QED) is 0.774. The highest BCUT2D eigenvalue weighted by Gasteiger charge is 2.33. The summed E-state index contributed by atoms with van der Waals surface area (Å²) in [7, 11) is 0. The summed E-state index contributed by atoms with van der Waals surface area (Å²) in [5, 5.41) is 3.41. The maximum absolute atomic E-state index is 11.9. The molecule has 0 aromatic carbocycles. The number of rotatable bonds is 5. The molecule has 100 valence electrons. The Kier molecular flexibility index (Phi) is 5.28.